The summed E-state index contributed by atoms with van der Waals surface area (Å²) in [5.41, 5.74) is 0. The van der Waals surface area contributed by atoms with E-state index in [1.165, 1.54) is 25.9 Å². The molecule has 2 heteroatoms. The fourth-order valence-corrected chi connectivity index (χ4v) is 2.69. The van der Waals surface area contributed by atoms with Crippen molar-refractivity contribution in [2.24, 2.45) is 11.8 Å². The largest absolute Gasteiger partial charge is 0.316 e. The molecule has 4 unspecified atom stereocenters. The van der Waals surface area contributed by atoms with Crippen molar-refractivity contribution < 1.29 is 0 Å². The van der Waals surface area contributed by atoms with Crippen LogP contribution in [-0.4, -0.2) is 37.1 Å². The maximum atomic E-state index is 3.38. The third-order valence-electron chi connectivity index (χ3n) is 4.00. The van der Waals surface area contributed by atoms with Crippen molar-refractivity contribution >= 4 is 0 Å². The quantitative estimate of drug-likeness (QED) is 0.708. The number of nitrogens with zero attached hydrogens (tertiary/aromatic N) is 1. The van der Waals surface area contributed by atoms with E-state index in [2.05, 4.69) is 31.1 Å². The smallest absolute Gasteiger partial charge is 0.0204 e. The van der Waals surface area contributed by atoms with Crippen LogP contribution in [0.3, 0.4) is 0 Å². The van der Waals surface area contributed by atoms with E-state index >= 15 is 0 Å². The van der Waals surface area contributed by atoms with Gasteiger partial charge in [0.2, 0.25) is 0 Å². The molecule has 0 aromatic carbocycles. The van der Waals surface area contributed by atoms with Gasteiger partial charge in [0.25, 0.3) is 0 Å². The van der Waals surface area contributed by atoms with Crippen molar-refractivity contribution in [1.82, 2.24) is 10.2 Å². The second-order valence-corrected chi connectivity index (χ2v) is 4.89. The number of rotatable bonds is 3. The van der Waals surface area contributed by atoms with Gasteiger partial charge in [-0.3, -0.25) is 4.90 Å². The highest BCUT2D eigenvalue weighted by molar-refractivity contribution is 4.94. The lowest BCUT2D eigenvalue weighted by molar-refractivity contribution is 0.224. The van der Waals surface area contributed by atoms with Crippen molar-refractivity contribution in [1.29, 1.82) is 0 Å². The maximum absolute atomic E-state index is 3.38. The first kappa shape index (κ1) is 9.47. The van der Waals surface area contributed by atoms with Crippen LogP contribution in [0.4, 0.5) is 0 Å². The van der Waals surface area contributed by atoms with Crippen LogP contribution in [0.15, 0.2) is 0 Å². The molecule has 0 amide bonds. The minimum Gasteiger partial charge on any atom is -0.316 e. The minimum absolute atomic E-state index is 0.747. The molecule has 0 spiro atoms. The summed E-state index contributed by atoms with van der Waals surface area (Å²) in [5, 5.41) is 3.38. The molecule has 1 N–H and O–H groups in total. The molecule has 2 nitrogen and oxygen atoms in total. The fraction of sp³-hybridized carbons (Fsp3) is 1.00. The normalized spacial score (nSPS) is 42.2. The Morgan fingerprint density at radius 2 is 2.15 bits per heavy atom. The molecule has 0 bridgehead atoms. The molecule has 2 aliphatic rings. The van der Waals surface area contributed by atoms with Gasteiger partial charge in [0, 0.05) is 25.2 Å². The number of likely N-dealkylation sites (N-methyl/N-ethyl adjacent to an activating group) is 1. The minimum atomic E-state index is 0.747. The first-order valence-corrected chi connectivity index (χ1v) is 5.63. The van der Waals surface area contributed by atoms with Crippen LogP contribution in [0.5, 0.6) is 0 Å². The molecule has 0 aromatic rings. The van der Waals surface area contributed by atoms with Crippen LogP contribution in [0.1, 0.15) is 26.7 Å². The van der Waals surface area contributed by atoms with Gasteiger partial charge < -0.3 is 5.32 Å². The van der Waals surface area contributed by atoms with Crippen LogP contribution < -0.4 is 5.32 Å². The molecule has 4 atom stereocenters. The zero-order chi connectivity index (χ0) is 9.42. The molecule has 2 rings (SSSR count). The SMILES string of the molecule is CNC1CCN(C(C)C2CC2C)C1. The molecule has 13 heavy (non-hydrogen) atoms. The Bertz CT molecular complexity index is 181. The maximum Gasteiger partial charge on any atom is 0.0204 e. The van der Waals surface area contributed by atoms with Gasteiger partial charge in [-0.05, 0) is 38.6 Å². The number of hydrogen-bond donors (Lipinski definition) is 1. The van der Waals surface area contributed by atoms with Crippen LogP contribution in [-0.2, 0) is 0 Å². The summed E-state index contributed by atoms with van der Waals surface area (Å²) >= 11 is 0. The zero-order valence-corrected chi connectivity index (χ0v) is 9.09. The fourth-order valence-electron chi connectivity index (χ4n) is 2.69. The topological polar surface area (TPSA) is 15.3 Å². The lowest BCUT2D eigenvalue weighted by Gasteiger charge is -2.24. The van der Waals surface area contributed by atoms with Crippen molar-refractivity contribution in [3.8, 4) is 0 Å². The first-order valence-electron chi connectivity index (χ1n) is 5.63. The van der Waals surface area contributed by atoms with Crippen LogP contribution in [0.2, 0.25) is 0 Å². The summed E-state index contributed by atoms with van der Waals surface area (Å²) in [6.45, 7) is 7.36. The van der Waals surface area contributed by atoms with E-state index in [9.17, 15) is 0 Å². The van der Waals surface area contributed by atoms with Gasteiger partial charge in [-0.2, -0.15) is 0 Å². The second kappa shape index (κ2) is 3.58. The third-order valence-corrected chi connectivity index (χ3v) is 4.00. The molecule has 1 aliphatic heterocycles. The van der Waals surface area contributed by atoms with E-state index in [-0.39, 0.29) is 0 Å². The Hall–Kier alpha value is -0.0800. The summed E-state index contributed by atoms with van der Waals surface area (Å²) in [6, 6.07) is 1.57. The van der Waals surface area contributed by atoms with Crippen molar-refractivity contribution in [3.63, 3.8) is 0 Å². The van der Waals surface area contributed by atoms with Gasteiger partial charge in [0.15, 0.2) is 0 Å². The van der Waals surface area contributed by atoms with Crippen molar-refractivity contribution in [2.75, 3.05) is 20.1 Å². The molecular formula is C11H22N2. The summed E-state index contributed by atoms with van der Waals surface area (Å²) < 4.78 is 0. The highest BCUT2D eigenvalue weighted by Gasteiger charge is 2.41. The van der Waals surface area contributed by atoms with E-state index in [0.717, 1.165) is 23.9 Å². The Balaban J connectivity index is 1.81. The van der Waals surface area contributed by atoms with Gasteiger partial charge >= 0.3 is 0 Å². The molecule has 76 valence electrons. The Kier molecular flexibility index (Phi) is 2.61. The average Bonchev–Trinajstić information content (AvgIpc) is 2.70. The molecule has 1 aliphatic carbocycles. The summed E-state index contributed by atoms with van der Waals surface area (Å²) in [5.74, 6) is 1.99. The highest BCUT2D eigenvalue weighted by Crippen LogP contribution is 2.42. The average molecular weight is 182 g/mol. The first-order chi connectivity index (χ1) is 6.22. The van der Waals surface area contributed by atoms with E-state index in [4.69, 9.17) is 0 Å². The van der Waals surface area contributed by atoms with Crippen molar-refractivity contribution in [2.45, 2.75) is 38.8 Å². The van der Waals surface area contributed by atoms with E-state index in [1.54, 1.807) is 0 Å². The Morgan fingerprint density at radius 1 is 1.46 bits per heavy atom. The molecule has 1 heterocycles. The molecule has 1 saturated heterocycles. The van der Waals surface area contributed by atoms with Gasteiger partial charge in [0.05, 0.1) is 0 Å². The monoisotopic (exact) mass is 182 g/mol. The van der Waals surface area contributed by atoms with Gasteiger partial charge in [-0.25, -0.2) is 0 Å². The molecule has 1 saturated carbocycles. The second-order valence-electron chi connectivity index (χ2n) is 4.89. The van der Waals surface area contributed by atoms with Crippen LogP contribution in [0, 0.1) is 11.8 Å². The van der Waals surface area contributed by atoms with Crippen molar-refractivity contribution in [3.05, 3.63) is 0 Å². The van der Waals surface area contributed by atoms with Gasteiger partial charge in [0.1, 0.15) is 0 Å². The van der Waals surface area contributed by atoms with Gasteiger partial charge in [-0.1, -0.05) is 6.92 Å². The summed E-state index contributed by atoms with van der Waals surface area (Å²) in [4.78, 5) is 2.66. The lowest BCUT2D eigenvalue weighted by atomic mass is 10.1. The van der Waals surface area contributed by atoms with E-state index in [0.29, 0.717) is 0 Å². The predicted octanol–water partition coefficient (Wildman–Crippen LogP) is 1.32. The van der Waals surface area contributed by atoms with Crippen LogP contribution >= 0.6 is 0 Å². The number of hydrogen-bond acceptors (Lipinski definition) is 2. The molecule has 2 fully saturated rings. The van der Waals surface area contributed by atoms with E-state index in [1.807, 2.05) is 0 Å². The Labute approximate surface area is 81.7 Å². The zero-order valence-electron chi connectivity index (χ0n) is 9.09. The number of nitrogens with one attached hydrogen (secondary N) is 1. The standard InChI is InChI=1S/C11H22N2/c1-8-6-11(8)9(2)13-5-4-10(7-13)12-3/h8-12H,4-7H2,1-3H3. The highest BCUT2D eigenvalue weighted by atomic mass is 15.2. The number of likely N-dealkylation sites (tertiary alicyclic amines) is 1. The summed E-state index contributed by atoms with van der Waals surface area (Å²) in [6.07, 6.45) is 2.80. The summed E-state index contributed by atoms with van der Waals surface area (Å²) in [7, 11) is 2.08. The molecular weight excluding hydrogens is 160 g/mol. The van der Waals surface area contributed by atoms with Crippen LogP contribution in [0.25, 0.3) is 0 Å². The van der Waals surface area contributed by atoms with E-state index < -0.39 is 0 Å². The molecule has 0 radical (unpaired) electrons. The third kappa shape index (κ3) is 1.89. The lowest BCUT2D eigenvalue weighted by Crippen LogP contribution is -2.36. The molecule has 0 aromatic heterocycles. The predicted molar refractivity (Wildman–Crippen MR) is 55.8 cm³/mol. The Morgan fingerprint density at radius 3 is 2.62 bits per heavy atom. The van der Waals surface area contributed by atoms with Gasteiger partial charge in [-0.15, -0.1) is 0 Å².